The number of amides is 2. The number of hydrogen-bond acceptors (Lipinski definition) is 7. The van der Waals surface area contributed by atoms with Crippen LogP contribution in [0.2, 0.25) is 0 Å². The van der Waals surface area contributed by atoms with E-state index in [4.69, 9.17) is 21.1 Å². The maximum absolute atomic E-state index is 12.7. The summed E-state index contributed by atoms with van der Waals surface area (Å²) in [5.74, 6) is -1.91. The highest BCUT2D eigenvalue weighted by Gasteiger charge is 2.32. The van der Waals surface area contributed by atoms with Crippen LogP contribution in [0.1, 0.15) is 38.1 Å². The van der Waals surface area contributed by atoms with Crippen molar-refractivity contribution >= 4 is 120 Å². The highest BCUT2D eigenvalue weighted by Crippen LogP contribution is 2.42. The van der Waals surface area contributed by atoms with Gasteiger partial charge in [0.15, 0.2) is 6.10 Å². The molecule has 0 bridgehead atoms. The Bertz CT molecular complexity index is 971. The number of nitrogens with zero attached hydrogens (tertiary/aromatic N) is 2. The van der Waals surface area contributed by atoms with Crippen molar-refractivity contribution in [3.8, 4) is 0 Å². The Balaban J connectivity index is 3.75. The lowest BCUT2D eigenvalue weighted by Gasteiger charge is -2.31. The van der Waals surface area contributed by atoms with Gasteiger partial charge < -0.3 is 19.3 Å². The standard InChI is InChI=1S/C19H20ClI3N2O7/c1-8(26)24(5)17-14(21)13(19(20)30)15(22)18(16(17)23)25(9(2)27)6-12(32-11(4)29)7-31-10(3)28/h12H,6-7H2,1-5H3. The third kappa shape index (κ3) is 7.38. The summed E-state index contributed by atoms with van der Waals surface area (Å²) in [5, 5.41) is -0.755. The molecule has 0 aliphatic heterocycles. The van der Waals surface area contributed by atoms with Crippen LogP contribution in [0.25, 0.3) is 0 Å². The molecule has 1 rings (SSSR count). The van der Waals surface area contributed by atoms with Crippen molar-refractivity contribution in [3.63, 3.8) is 0 Å². The first-order chi connectivity index (χ1) is 14.7. The normalized spacial score (nSPS) is 11.4. The zero-order chi connectivity index (χ0) is 24.9. The number of halogens is 4. The molecule has 2 amide bonds. The highest BCUT2D eigenvalue weighted by atomic mass is 127. The first-order valence-electron chi connectivity index (χ1n) is 8.93. The fraction of sp³-hybridized carbons (Fsp3) is 0.421. The second-order valence-corrected chi connectivity index (χ2v) is 10.1. The minimum Gasteiger partial charge on any atom is -0.462 e. The number of benzene rings is 1. The molecule has 0 aliphatic carbocycles. The Kier molecular flexibility index (Phi) is 11.6. The Morgan fingerprint density at radius 2 is 1.41 bits per heavy atom. The predicted octanol–water partition coefficient (Wildman–Crippen LogP) is 3.71. The van der Waals surface area contributed by atoms with Crippen LogP contribution < -0.4 is 9.80 Å². The molecule has 1 atom stereocenters. The van der Waals surface area contributed by atoms with E-state index in [1.54, 1.807) is 7.05 Å². The second-order valence-electron chi connectivity index (χ2n) is 6.53. The van der Waals surface area contributed by atoms with Crippen molar-refractivity contribution in [1.29, 1.82) is 0 Å². The number of ether oxygens (including phenoxy) is 2. The van der Waals surface area contributed by atoms with Crippen LogP contribution in [0.5, 0.6) is 0 Å². The van der Waals surface area contributed by atoms with E-state index in [-0.39, 0.29) is 24.6 Å². The van der Waals surface area contributed by atoms with Crippen LogP contribution in [0.15, 0.2) is 0 Å². The van der Waals surface area contributed by atoms with E-state index in [1.165, 1.54) is 37.5 Å². The summed E-state index contributed by atoms with van der Waals surface area (Å²) in [6.45, 7) is 4.65. The summed E-state index contributed by atoms with van der Waals surface area (Å²) >= 11 is 11.7. The zero-order valence-electron chi connectivity index (χ0n) is 17.8. The van der Waals surface area contributed by atoms with Crippen molar-refractivity contribution < 1.29 is 33.4 Å². The molecular formula is C19H20ClI3N2O7. The maximum Gasteiger partial charge on any atom is 0.303 e. The van der Waals surface area contributed by atoms with E-state index in [9.17, 15) is 24.0 Å². The predicted molar refractivity (Wildman–Crippen MR) is 144 cm³/mol. The molecule has 1 unspecified atom stereocenters. The first kappa shape index (κ1) is 29.3. The van der Waals surface area contributed by atoms with Gasteiger partial charge in [-0.25, -0.2) is 0 Å². The molecule has 1 aromatic rings. The van der Waals surface area contributed by atoms with Crippen LogP contribution in [0.3, 0.4) is 0 Å². The molecule has 13 heteroatoms. The van der Waals surface area contributed by atoms with Gasteiger partial charge in [-0.15, -0.1) is 0 Å². The molecule has 0 N–H and O–H groups in total. The van der Waals surface area contributed by atoms with Crippen molar-refractivity contribution in [2.75, 3.05) is 30.0 Å². The van der Waals surface area contributed by atoms with E-state index < -0.39 is 29.2 Å². The average molecular weight is 805 g/mol. The number of carbonyl (C=O) groups is 5. The molecule has 176 valence electrons. The summed E-state index contributed by atoms with van der Waals surface area (Å²) in [5.41, 5.74) is 0.876. The number of rotatable bonds is 8. The van der Waals surface area contributed by atoms with Gasteiger partial charge in [0, 0.05) is 34.7 Å². The van der Waals surface area contributed by atoms with Crippen LogP contribution in [0.4, 0.5) is 11.4 Å². The molecule has 0 radical (unpaired) electrons. The van der Waals surface area contributed by atoms with Gasteiger partial charge in [-0.2, -0.15) is 0 Å². The van der Waals surface area contributed by atoms with Gasteiger partial charge in [0.1, 0.15) is 6.61 Å². The molecule has 32 heavy (non-hydrogen) atoms. The van der Waals surface area contributed by atoms with E-state index >= 15 is 0 Å². The third-order valence-corrected chi connectivity index (χ3v) is 7.43. The molecule has 0 heterocycles. The summed E-state index contributed by atoms with van der Waals surface area (Å²) in [6.07, 6.45) is -0.963. The zero-order valence-corrected chi connectivity index (χ0v) is 25.0. The quantitative estimate of drug-likeness (QED) is 0.224. The van der Waals surface area contributed by atoms with Crippen LogP contribution in [-0.4, -0.2) is 55.3 Å². The van der Waals surface area contributed by atoms with Crippen LogP contribution >= 0.6 is 79.4 Å². The van der Waals surface area contributed by atoms with Gasteiger partial charge >= 0.3 is 11.9 Å². The second kappa shape index (κ2) is 12.6. The molecule has 9 nitrogen and oxygen atoms in total. The van der Waals surface area contributed by atoms with E-state index in [1.807, 2.05) is 67.8 Å². The molecule has 0 saturated carbocycles. The summed E-state index contributed by atoms with van der Waals surface area (Å²) in [7, 11) is 1.54. The minimum atomic E-state index is -0.963. The van der Waals surface area contributed by atoms with Crippen molar-refractivity contribution in [2.24, 2.45) is 0 Å². The van der Waals surface area contributed by atoms with Crippen molar-refractivity contribution in [3.05, 3.63) is 16.3 Å². The summed E-state index contributed by atoms with van der Waals surface area (Å²) < 4.78 is 11.6. The topological polar surface area (TPSA) is 110 Å². The summed E-state index contributed by atoms with van der Waals surface area (Å²) in [4.78, 5) is 62.4. The molecule has 0 saturated heterocycles. The number of anilines is 2. The smallest absolute Gasteiger partial charge is 0.303 e. The number of esters is 2. The lowest BCUT2D eigenvalue weighted by atomic mass is 10.1. The Hall–Kier alpha value is -0.750. The Morgan fingerprint density at radius 3 is 1.81 bits per heavy atom. The van der Waals surface area contributed by atoms with Gasteiger partial charge in [-0.05, 0) is 79.4 Å². The highest BCUT2D eigenvalue weighted by molar-refractivity contribution is 14.1. The molecule has 1 aromatic carbocycles. The van der Waals surface area contributed by atoms with Gasteiger partial charge in [-0.3, -0.25) is 24.0 Å². The lowest BCUT2D eigenvalue weighted by molar-refractivity contribution is -0.155. The third-order valence-electron chi connectivity index (χ3n) is 4.12. The van der Waals surface area contributed by atoms with E-state index in [0.717, 1.165) is 0 Å². The van der Waals surface area contributed by atoms with Crippen molar-refractivity contribution in [1.82, 2.24) is 0 Å². The first-order valence-corrected chi connectivity index (χ1v) is 12.5. The SMILES string of the molecule is CC(=O)OCC(CN(C(C)=O)c1c(I)c(C(=O)Cl)c(I)c(N(C)C(C)=O)c1I)OC(C)=O. The largest absolute Gasteiger partial charge is 0.462 e. The summed E-state index contributed by atoms with van der Waals surface area (Å²) in [6, 6.07) is 0. The molecule has 0 aromatic heterocycles. The average Bonchev–Trinajstić information content (AvgIpc) is 2.63. The maximum atomic E-state index is 12.7. The fourth-order valence-corrected chi connectivity index (χ4v) is 8.12. The minimum absolute atomic E-state index is 0.140. The van der Waals surface area contributed by atoms with Crippen LogP contribution in [0, 0.1) is 10.7 Å². The molecule has 0 spiro atoms. The van der Waals surface area contributed by atoms with Crippen LogP contribution in [-0.2, 0) is 28.7 Å². The Labute approximate surface area is 231 Å². The Morgan fingerprint density at radius 1 is 0.875 bits per heavy atom. The number of carbonyl (C=O) groups excluding carboxylic acids is 5. The van der Waals surface area contributed by atoms with E-state index in [2.05, 4.69) is 0 Å². The van der Waals surface area contributed by atoms with Gasteiger partial charge in [-0.1, -0.05) is 0 Å². The molecule has 0 fully saturated rings. The lowest BCUT2D eigenvalue weighted by Crippen LogP contribution is -2.42. The van der Waals surface area contributed by atoms with Gasteiger partial charge in [0.05, 0.1) is 34.2 Å². The monoisotopic (exact) mass is 804 g/mol. The molecule has 0 aliphatic rings. The van der Waals surface area contributed by atoms with Gasteiger partial charge in [0.25, 0.3) is 5.24 Å². The van der Waals surface area contributed by atoms with Gasteiger partial charge in [0.2, 0.25) is 11.8 Å². The van der Waals surface area contributed by atoms with E-state index in [0.29, 0.717) is 22.1 Å². The van der Waals surface area contributed by atoms with Crippen molar-refractivity contribution in [2.45, 2.75) is 33.8 Å². The fourth-order valence-electron chi connectivity index (χ4n) is 2.65. The molecular weight excluding hydrogens is 784 g/mol. The number of hydrogen-bond donors (Lipinski definition) is 0.